The SMILES string of the molecule is CNS(=O)(=O)c1cccc(OC[C@@H](O)CN[C@H]2COC3(CCN(S(=O)(=O)c4c[nH]c5ccccc5c4=O)CC3)C2)c1. The number of aliphatic hydroxyl groups excluding tert-OH is 1. The van der Waals surface area contributed by atoms with Gasteiger partial charge >= 0.3 is 0 Å². The lowest BCUT2D eigenvalue weighted by Crippen LogP contribution is -2.47. The Labute approximate surface area is 238 Å². The summed E-state index contributed by atoms with van der Waals surface area (Å²) in [4.78, 5) is 15.6. The third kappa shape index (κ3) is 6.33. The Bertz CT molecular complexity index is 1670. The maximum atomic E-state index is 13.3. The van der Waals surface area contributed by atoms with E-state index in [-0.39, 0.29) is 42.1 Å². The Kier molecular flexibility index (Phi) is 8.53. The number of hydrogen-bond donors (Lipinski definition) is 4. The predicted molar refractivity (Wildman–Crippen MR) is 152 cm³/mol. The van der Waals surface area contributed by atoms with Gasteiger partial charge in [0.1, 0.15) is 23.4 Å². The second kappa shape index (κ2) is 11.8. The highest BCUT2D eigenvalue weighted by molar-refractivity contribution is 7.89. The van der Waals surface area contributed by atoms with Crippen LogP contribution in [0.1, 0.15) is 19.3 Å². The average molecular weight is 607 g/mol. The predicted octanol–water partition coefficient (Wildman–Crippen LogP) is 0.778. The van der Waals surface area contributed by atoms with Crippen LogP contribution >= 0.6 is 0 Å². The van der Waals surface area contributed by atoms with E-state index in [4.69, 9.17) is 9.47 Å². The highest BCUT2D eigenvalue weighted by Crippen LogP contribution is 2.37. The van der Waals surface area contributed by atoms with Gasteiger partial charge in [-0.15, -0.1) is 0 Å². The lowest BCUT2D eigenvalue weighted by Gasteiger charge is -2.37. The molecule has 2 aliphatic heterocycles. The van der Waals surface area contributed by atoms with Crippen LogP contribution in [0, 0.1) is 0 Å². The van der Waals surface area contributed by atoms with Gasteiger partial charge in [-0.2, -0.15) is 4.31 Å². The van der Waals surface area contributed by atoms with Gasteiger partial charge in [-0.1, -0.05) is 18.2 Å². The molecule has 2 saturated heterocycles. The number of hydrogen-bond acceptors (Lipinski definition) is 9. The maximum Gasteiger partial charge on any atom is 0.248 e. The quantitative estimate of drug-likeness (QED) is 0.261. The molecule has 0 bridgehead atoms. The molecule has 4 N–H and O–H groups in total. The summed E-state index contributed by atoms with van der Waals surface area (Å²) in [6.07, 6.45) is 2.07. The summed E-state index contributed by atoms with van der Waals surface area (Å²) < 4.78 is 65.9. The summed E-state index contributed by atoms with van der Waals surface area (Å²) in [7, 11) is -6.25. The number of pyridine rings is 1. The minimum absolute atomic E-state index is 0.0276. The summed E-state index contributed by atoms with van der Waals surface area (Å²) >= 11 is 0. The summed E-state index contributed by atoms with van der Waals surface area (Å²) in [5.41, 5.74) is -0.405. The lowest BCUT2D eigenvalue weighted by atomic mass is 9.88. The van der Waals surface area contributed by atoms with E-state index >= 15 is 0 Å². The molecule has 5 rings (SSSR count). The molecule has 2 fully saturated rings. The van der Waals surface area contributed by atoms with Crippen LogP contribution in [0.25, 0.3) is 10.9 Å². The Morgan fingerprint density at radius 2 is 1.90 bits per heavy atom. The van der Waals surface area contributed by atoms with Gasteiger partial charge in [-0.25, -0.2) is 21.6 Å². The van der Waals surface area contributed by atoms with Crippen LogP contribution in [0.3, 0.4) is 0 Å². The van der Waals surface area contributed by atoms with Crippen molar-refractivity contribution in [2.75, 3.05) is 39.9 Å². The first-order valence-corrected chi connectivity index (χ1v) is 16.3. The zero-order valence-corrected chi connectivity index (χ0v) is 24.2. The third-order valence-electron chi connectivity index (χ3n) is 7.68. The van der Waals surface area contributed by atoms with Crippen LogP contribution in [-0.2, 0) is 24.8 Å². The van der Waals surface area contributed by atoms with E-state index in [0.717, 1.165) is 0 Å². The van der Waals surface area contributed by atoms with Gasteiger partial charge < -0.3 is 24.9 Å². The van der Waals surface area contributed by atoms with Crippen molar-refractivity contribution >= 4 is 30.9 Å². The van der Waals surface area contributed by atoms with Crippen molar-refractivity contribution < 1.29 is 31.4 Å². The molecule has 0 aliphatic carbocycles. The molecule has 0 amide bonds. The molecule has 2 aromatic carbocycles. The van der Waals surface area contributed by atoms with E-state index in [9.17, 15) is 26.7 Å². The first-order valence-electron chi connectivity index (χ1n) is 13.4. The number of piperidine rings is 1. The number of para-hydroxylation sites is 1. The number of aliphatic hydroxyl groups is 1. The number of sulfonamides is 2. The molecular weight excluding hydrogens is 572 g/mol. The highest BCUT2D eigenvalue weighted by atomic mass is 32.2. The molecule has 1 spiro atoms. The van der Waals surface area contributed by atoms with Crippen LogP contribution in [0.4, 0.5) is 0 Å². The number of H-pyrrole nitrogens is 1. The molecule has 222 valence electrons. The minimum atomic E-state index is -3.97. The Balaban J connectivity index is 1.11. The summed E-state index contributed by atoms with van der Waals surface area (Å²) in [5.74, 6) is 0.330. The molecule has 12 nitrogen and oxygen atoms in total. The normalized spacial score (nSPS) is 20.4. The molecule has 2 atom stereocenters. The third-order valence-corrected chi connectivity index (χ3v) is 11.0. The molecule has 3 heterocycles. The molecular formula is C27H34N4O8S2. The topological polar surface area (TPSA) is 167 Å². The fourth-order valence-corrected chi connectivity index (χ4v) is 7.60. The van der Waals surface area contributed by atoms with Gasteiger partial charge in [0.2, 0.25) is 25.5 Å². The Morgan fingerprint density at radius 3 is 2.66 bits per heavy atom. The van der Waals surface area contributed by atoms with E-state index in [1.807, 2.05) is 0 Å². The van der Waals surface area contributed by atoms with E-state index in [1.54, 1.807) is 36.4 Å². The van der Waals surface area contributed by atoms with Crippen LogP contribution < -0.4 is 20.2 Å². The average Bonchev–Trinajstić information content (AvgIpc) is 3.37. The van der Waals surface area contributed by atoms with Gasteiger partial charge in [0, 0.05) is 48.8 Å². The number of aromatic amines is 1. The van der Waals surface area contributed by atoms with Gasteiger partial charge in [-0.3, -0.25) is 4.79 Å². The molecule has 1 aromatic heterocycles. The second-order valence-electron chi connectivity index (χ2n) is 10.4. The number of fused-ring (bicyclic) bond motifs is 1. The summed E-state index contributed by atoms with van der Waals surface area (Å²) in [6.45, 7) is 1.11. The van der Waals surface area contributed by atoms with Crippen molar-refractivity contribution in [2.24, 2.45) is 0 Å². The van der Waals surface area contributed by atoms with E-state index in [2.05, 4.69) is 15.0 Å². The number of aromatic nitrogens is 1. The van der Waals surface area contributed by atoms with Crippen molar-refractivity contribution in [2.45, 2.75) is 46.8 Å². The smallest absolute Gasteiger partial charge is 0.248 e. The monoisotopic (exact) mass is 606 g/mol. The molecule has 0 unspecified atom stereocenters. The van der Waals surface area contributed by atoms with Gasteiger partial charge in [0.05, 0.1) is 17.1 Å². The largest absolute Gasteiger partial charge is 0.491 e. The zero-order chi connectivity index (χ0) is 29.3. The van der Waals surface area contributed by atoms with Gasteiger partial charge in [-0.05, 0) is 50.6 Å². The van der Waals surface area contributed by atoms with Crippen molar-refractivity contribution in [1.29, 1.82) is 0 Å². The summed E-state index contributed by atoms with van der Waals surface area (Å²) in [5, 5.41) is 14.0. The highest BCUT2D eigenvalue weighted by Gasteiger charge is 2.45. The van der Waals surface area contributed by atoms with Crippen LogP contribution in [0.5, 0.6) is 5.75 Å². The van der Waals surface area contributed by atoms with Crippen molar-refractivity contribution in [3.8, 4) is 5.75 Å². The Morgan fingerprint density at radius 1 is 1.15 bits per heavy atom. The van der Waals surface area contributed by atoms with Crippen molar-refractivity contribution in [1.82, 2.24) is 19.3 Å². The minimum Gasteiger partial charge on any atom is -0.491 e. The molecule has 2 aliphatic rings. The second-order valence-corrected chi connectivity index (χ2v) is 14.2. The van der Waals surface area contributed by atoms with Crippen LogP contribution in [0.15, 0.2) is 69.3 Å². The molecule has 3 aromatic rings. The van der Waals surface area contributed by atoms with E-state index in [0.29, 0.717) is 42.5 Å². The van der Waals surface area contributed by atoms with Gasteiger partial charge in [0.15, 0.2) is 0 Å². The maximum absolute atomic E-state index is 13.3. The van der Waals surface area contributed by atoms with Crippen molar-refractivity contribution in [3.63, 3.8) is 0 Å². The Hall–Kier alpha value is -2.85. The van der Waals surface area contributed by atoms with E-state index < -0.39 is 37.2 Å². The first kappa shape index (κ1) is 29.6. The lowest BCUT2D eigenvalue weighted by molar-refractivity contribution is -0.0312. The fourth-order valence-electron chi connectivity index (χ4n) is 5.34. The molecule has 41 heavy (non-hydrogen) atoms. The van der Waals surface area contributed by atoms with Crippen LogP contribution in [0.2, 0.25) is 0 Å². The van der Waals surface area contributed by atoms with Crippen molar-refractivity contribution in [3.05, 3.63) is 65.0 Å². The standard InChI is InChI=1S/C27H34N4O8S2/c1-28-40(34,35)22-6-4-5-21(13-22)38-18-20(32)15-29-19-14-27(39-17-19)9-11-31(12-10-27)41(36,37)25-16-30-24-8-3-2-7-23(24)26(25)33/h2-8,13,16,19-20,28-29,32H,9-12,14-15,17-18H2,1H3,(H,30,33)/t19-,20+/m1/s1. The molecule has 14 heteroatoms. The summed E-state index contributed by atoms with van der Waals surface area (Å²) in [6, 6.07) is 12.8. The zero-order valence-electron chi connectivity index (χ0n) is 22.6. The number of ether oxygens (including phenoxy) is 2. The number of benzene rings is 2. The number of nitrogens with zero attached hydrogens (tertiary/aromatic N) is 1. The van der Waals surface area contributed by atoms with Crippen LogP contribution in [-0.4, -0.2) is 88.9 Å². The van der Waals surface area contributed by atoms with Gasteiger partial charge in [0.25, 0.3) is 0 Å². The van der Waals surface area contributed by atoms with E-state index in [1.165, 1.54) is 29.7 Å². The molecule has 0 saturated carbocycles. The first-order chi connectivity index (χ1) is 19.5. The molecule has 0 radical (unpaired) electrons. The number of nitrogens with one attached hydrogen (secondary N) is 3. The fraction of sp³-hybridized carbons (Fsp3) is 0.444. The number of rotatable bonds is 10.